The quantitative estimate of drug-likeness (QED) is 0.523. The summed E-state index contributed by atoms with van der Waals surface area (Å²) in [5.41, 5.74) is 3.86. The highest BCUT2D eigenvalue weighted by atomic mass is 16.1. The molecule has 0 aliphatic heterocycles. The zero-order valence-corrected chi connectivity index (χ0v) is 16.0. The van der Waals surface area contributed by atoms with E-state index in [1.807, 2.05) is 95.9 Å². The summed E-state index contributed by atoms with van der Waals surface area (Å²) in [7, 11) is 0. The maximum atomic E-state index is 12.7. The maximum Gasteiger partial charge on any atom is 0.221 e. The van der Waals surface area contributed by atoms with Gasteiger partial charge in [0.25, 0.3) is 0 Å². The molecule has 0 aliphatic carbocycles. The fourth-order valence-electron chi connectivity index (χ4n) is 3.22. The SMILES string of the molecule is O=C(CCc1cnn(-c2ccccc2)c1)NC(c1ccccc1)c1ccccn1. The molecular weight excluding hydrogens is 360 g/mol. The third kappa shape index (κ3) is 4.76. The lowest BCUT2D eigenvalue weighted by Gasteiger charge is -2.18. The average Bonchev–Trinajstić information content (AvgIpc) is 3.27. The summed E-state index contributed by atoms with van der Waals surface area (Å²) in [6.45, 7) is 0. The Balaban J connectivity index is 1.42. The minimum Gasteiger partial charge on any atom is -0.344 e. The predicted molar refractivity (Wildman–Crippen MR) is 113 cm³/mol. The van der Waals surface area contributed by atoms with Gasteiger partial charge in [-0.25, -0.2) is 4.68 Å². The molecule has 0 radical (unpaired) electrons. The highest BCUT2D eigenvalue weighted by Gasteiger charge is 2.17. The van der Waals surface area contributed by atoms with Crippen molar-refractivity contribution in [3.63, 3.8) is 0 Å². The van der Waals surface area contributed by atoms with E-state index in [2.05, 4.69) is 15.4 Å². The van der Waals surface area contributed by atoms with Crippen LogP contribution in [-0.4, -0.2) is 20.7 Å². The molecule has 0 saturated carbocycles. The molecule has 1 amide bonds. The van der Waals surface area contributed by atoms with Crippen LogP contribution >= 0.6 is 0 Å². The second-order valence-electron chi connectivity index (χ2n) is 6.79. The van der Waals surface area contributed by atoms with Gasteiger partial charge < -0.3 is 5.32 Å². The van der Waals surface area contributed by atoms with E-state index < -0.39 is 0 Å². The van der Waals surface area contributed by atoms with Crippen molar-refractivity contribution < 1.29 is 4.79 Å². The Kier molecular flexibility index (Phi) is 5.76. The third-order valence-corrected chi connectivity index (χ3v) is 4.72. The van der Waals surface area contributed by atoms with Gasteiger partial charge in [-0.15, -0.1) is 0 Å². The molecule has 29 heavy (non-hydrogen) atoms. The molecule has 4 aromatic rings. The van der Waals surface area contributed by atoms with Gasteiger partial charge in [0.05, 0.1) is 23.6 Å². The molecule has 5 heteroatoms. The number of hydrogen-bond donors (Lipinski definition) is 1. The molecule has 5 nitrogen and oxygen atoms in total. The van der Waals surface area contributed by atoms with Gasteiger partial charge in [0, 0.05) is 18.8 Å². The number of benzene rings is 2. The number of aromatic nitrogens is 3. The van der Waals surface area contributed by atoms with Crippen molar-refractivity contribution >= 4 is 5.91 Å². The number of pyridine rings is 1. The van der Waals surface area contributed by atoms with Crippen molar-refractivity contribution in [3.8, 4) is 5.69 Å². The first-order chi connectivity index (χ1) is 14.3. The maximum absolute atomic E-state index is 12.7. The van der Waals surface area contributed by atoms with Crippen molar-refractivity contribution in [2.45, 2.75) is 18.9 Å². The van der Waals surface area contributed by atoms with E-state index in [9.17, 15) is 4.79 Å². The lowest BCUT2D eigenvalue weighted by atomic mass is 10.0. The topological polar surface area (TPSA) is 59.8 Å². The summed E-state index contributed by atoms with van der Waals surface area (Å²) in [5.74, 6) is -0.0167. The average molecular weight is 382 g/mol. The molecule has 2 heterocycles. The molecule has 0 spiro atoms. The Bertz CT molecular complexity index is 1010. The summed E-state index contributed by atoms with van der Waals surface area (Å²) in [4.78, 5) is 17.1. The van der Waals surface area contributed by atoms with Crippen LogP contribution in [0.2, 0.25) is 0 Å². The van der Waals surface area contributed by atoms with E-state index >= 15 is 0 Å². The fourth-order valence-corrected chi connectivity index (χ4v) is 3.22. The lowest BCUT2D eigenvalue weighted by Crippen LogP contribution is -2.30. The van der Waals surface area contributed by atoms with Crippen LogP contribution in [0.4, 0.5) is 0 Å². The Morgan fingerprint density at radius 3 is 2.38 bits per heavy atom. The third-order valence-electron chi connectivity index (χ3n) is 4.72. The summed E-state index contributed by atoms with van der Waals surface area (Å²) < 4.78 is 1.83. The zero-order valence-electron chi connectivity index (χ0n) is 16.0. The minimum atomic E-state index is -0.267. The standard InChI is InChI=1S/C24H22N4O/c29-23(15-14-19-17-26-28(18-19)21-11-5-2-6-12-21)27-24(20-9-3-1-4-10-20)22-13-7-8-16-25-22/h1-13,16-18,24H,14-15H2,(H,27,29). The molecule has 0 saturated heterocycles. The van der Waals surface area contributed by atoms with Gasteiger partial charge in [0.1, 0.15) is 0 Å². The van der Waals surface area contributed by atoms with Gasteiger partial charge >= 0.3 is 0 Å². The van der Waals surface area contributed by atoms with Crippen molar-refractivity contribution in [1.29, 1.82) is 0 Å². The largest absolute Gasteiger partial charge is 0.344 e. The first-order valence-electron chi connectivity index (χ1n) is 9.64. The number of amides is 1. The lowest BCUT2D eigenvalue weighted by molar-refractivity contribution is -0.121. The molecule has 0 bridgehead atoms. The number of carbonyl (C=O) groups excluding carboxylic acids is 1. The van der Waals surface area contributed by atoms with E-state index in [0.29, 0.717) is 12.8 Å². The second-order valence-corrected chi connectivity index (χ2v) is 6.79. The molecular formula is C24H22N4O. The Hall–Kier alpha value is -3.73. The Labute approximate surface area is 170 Å². The van der Waals surface area contributed by atoms with Gasteiger partial charge in [0.2, 0.25) is 5.91 Å². The molecule has 4 rings (SSSR count). The highest BCUT2D eigenvalue weighted by molar-refractivity contribution is 5.77. The fraction of sp³-hybridized carbons (Fsp3) is 0.125. The molecule has 0 aliphatic rings. The number of carbonyl (C=O) groups is 1. The first kappa shape index (κ1) is 18.6. The van der Waals surface area contributed by atoms with Crippen molar-refractivity contribution in [2.24, 2.45) is 0 Å². The summed E-state index contributed by atoms with van der Waals surface area (Å²) in [6.07, 6.45) is 6.54. The van der Waals surface area contributed by atoms with Crippen molar-refractivity contribution in [3.05, 3.63) is 114 Å². The van der Waals surface area contributed by atoms with Crippen LogP contribution < -0.4 is 5.32 Å². The summed E-state index contributed by atoms with van der Waals surface area (Å²) >= 11 is 0. The van der Waals surface area contributed by atoms with E-state index in [-0.39, 0.29) is 11.9 Å². The Morgan fingerprint density at radius 1 is 0.931 bits per heavy atom. The van der Waals surface area contributed by atoms with Crippen molar-refractivity contribution in [2.75, 3.05) is 0 Å². The van der Waals surface area contributed by atoms with Crippen LogP contribution in [0.1, 0.15) is 29.3 Å². The molecule has 1 N–H and O–H groups in total. The summed E-state index contributed by atoms with van der Waals surface area (Å²) in [5, 5.41) is 7.53. The molecule has 0 fully saturated rings. The molecule has 1 unspecified atom stereocenters. The summed E-state index contributed by atoms with van der Waals surface area (Å²) in [6, 6.07) is 25.3. The molecule has 144 valence electrons. The molecule has 2 aromatic carbocycles. The number of rotatable bonds is 7. The number of nitrogens with one attached hydrogen (secondary N) is 1. The predicted octanol–water partition coefficient (Wildman–Crippen LogP) is 4.11. The smallest absolute Gasteiger partial charge is 0.221 e. The van der Waals surface area contributed by atoms with E-state index in [1.165, 1.54) is 0 Å². The van der Waals surface area contributed by atoms with Gasteiger partial charge in [0.15, 0.2) is 0 Å². The normalized spacial score (nSPS) is 11.7. The van der Waals surface area contributed by atoms with Crippen LogP contribution in [0.25, 0.3) is 5.69 Å². The number of aryl methyl sites for hydroxylation is 1. The van der Waals surface area contributed by atoms with Crippen LogP contribution in [0.5, 0.6) is 0 Å². The van der Waals surface area contributed by atoms with Gasteiger partial charge in [-0.05, 0) is 41.8 Å². The van der Waals surface area contributed by atoms with E-state index in [0.717, 1.165) is 22.5 Å². The number of para-hydroxylation sites is 1. The van der Waals surface area contributed by atoms with Crippen LogP contribution in [0.3, 0.4) is 0 Å². The van der Waals surface area contributed by atoms with Gasteiger partial charge in [-0.1, -0.05) is 54.6 Å². The van der Waals surface area contributed by atoms with E-state index in [4.69, 9.17) is 0 Å². The van der Waals surface area contributed by atoms with Crippen molar-refractivity contribution in [1.82, 2.24) is 20.1 Å². The Morgan fingerprint density at radius 2 is 1.66 bits per heavy atom. The van der Waals surface area contributed by atoms with Crippen LogP contribution in [0.15, 0.2) is 97.5 Å². The minimum absolute atomic E-state index is 0.0167. The first-order valence-corrected chi connectivity index (χ1v) is 9.64. The number of nitrogens with zero attached hydrogens (tertiary/aromatic N) is 3. The van der Waals surface area contributed by atoms with E-state index in [1.54, 1.807) is 6.20 Å². The molecule has 2 aromatic heterocycles. The van der Waals surface area contributed by atoms with Gasteiger partial charge in [-0.3, -0.25) is 9.78 Å². The monoisotopic (exact) mass is 382 g/mol. The van der Waals surface area contributed by atoms with Gasteiger partial charge in [-0.2, -0.15) is 5.10 Å². The van der Waals surface area contributed by atoms with Crippen LogP contribution in [0, 0.1) is 0 Å². The molecule has 1 atom stereocenters. The second kappa shape index (κ2) is 8.97. The highest BCUT2D eigenvalue weighted by Crippen LogP contribution is 2.20. The number of hydrogen-bond acceptors (Lipinski definition) is 3. The van der Waals surface area contributed by atoms with Crippen LogP contribution in [-0.2, 0) is 11.2 Å². The zero-order chi connectivity index (χ0) is 19.9.